The fourth-order valence-corrected chi connectivity index (χ4v) is 1.47. The van der Waals surface area contributed by atoms with Gasteiger partial charge in [-0.15, -0.1) is 0 Å². The first-order valence-electron chi connectivity index (χ1n) is 6.89. The summed E-state index contributed by atoms with van der Waals surface area (Å²) in [5.41, 5.74) is 0. The molecule has 0 fully saturated rings. The van der Waals surface area contributed by atoms with Gasteiger partial charge in [0, 0.05) is 6.42 Å². The van der Waals surface area contributed by atoms with E-state index in [1.807, 2.05) is 0 Å². The number of ether oxygens (including phenoxy) is 2. The number of halogens is 1. The van der Waals surface area contributed by atoms with Crippen LogP contribution in [0.25, 0.3) is 0 Å². The highest BCUT2D eigenvalue weighted by molar-refractivity contribution is 5.81. The van der Waals surface area contributed by atoms with E-state index in [1.54, 1.807) is 19.1 Å². The van der Waals surface area contributed by atoms with Gasteiger partial charge in [0.25, 0.3) is 0 Å². The SMILES string of the molecule is CCOC(=O)CCC(=O)NCC#CCOc1ccccc1F. The van der Waals surface area contributed by atoms with Crippen molar-refractivity contribution in [3.63, 3.8) is 0 Å². The molecule has 0 bridgehead atoms. The molecule has 5 nitrogen and oxygen atoms in total. The maximum absolute atomic E-state index is 13.2. The maximum Gasteiger partial charge on any atom is 0.306 e. The number of para-hydroxylation sites is 1. The zero-order valence-electron chi connectivity index (χ0n) is 12.4. The summed E-state index contributed by atoms with van der Waals surface area (Å²) in [5.74, 6) is 4.34. The molecule has 0 aliphatic rings. The Hall–Kier alpha value is -2.55. The van der Waals surface area contributed by atoms with Gasteiger partial charge in [-0.3, -0.25) is 9.59 Å². The molecule has 0 saturated heterocycles. The molecule has 0 aliphatic heterocycles. The van der Waals surface area contributed by atoms with Gasteiger partial charge in [0.2, 0.25) is 5.91 Å². The highest BCUT2D eigenvalue weighted by atomic mass is 19.1. The van der Waals surface area contributed by atoms with Crippen molar-refractivity contribution in [3.05, 3.63) is 30.1 Å². The molecule has 1 N–H and O–H groups in total. The van der Waals surface area contributed by atoms with Crippen molar-refractivity contribution in [1.29, 1.82) is 0 Å². The van der Waals surface area contributed by atoms with E-state index in [-0.39, 0.29) is 37.6 Å². The average Bonchev–Trinajstić information content (AvgIpc) is 2.50. The molecule has 6 heteroatoms. The smallest absolute Gasteiger partial charge is 0.306 e. The maximum atomic E-state index is 13.2. The van der Waals surface area contributed by atoms with Crippen LogP contribution in [0.15, 0.2) is 24.3 Å². The predicted octanol–water partition coefficient (Wildman–Crippen LogP) is 1.67. The van der Waals surface area contributed by atoms with Crippen molar-refractivity contribution in [2.75, 3.05) is 19.8 Å². The van der Waals surface area contributed by atoms with Crippen molar-refractivity contribution in [3.8, 4) is 17.6 Å². The lowest BCUT2D eigenvalue weighted by molar-refractivity contribution is -0.144. The minimum Gasteiger partial charge on any atom is -0.478 e. The molecule has 1 amide bonds. The van der Waals surface area contributed by atoms with Crippen LogP contribution < -0.4 is 10.1 Å². The Kier molecular flexibility index (Phi) is 8.13. The number of rotatable bonds is 7. The summed E-state index contributed by atoms with van der Waals surface area (Å²) in [6.45, 7) is 2.17. The van der Waals surface area contributed by atoms with Gasteiger partial charge in [-0.25, -0.2) is 4.39 Å². The average molecular weight is 307 g/mol. The van der Waals surface area contributed by atoms with Crippen molar-refractivity contribution < 1.29 is 23.5 Å². The van der Waals surface area contributed by atoms with E-state index in [9.17, 15) is 14.0 Å². The highest BCUT2D eigenvalue weighted by Gasteiger charge is 2.06. The third-order valence-electron chi connectivity index (χ3n) is 2.50. The van der Waals surface area contributed by atoms with Crippen LogP contribution in [0.3, 0.4) is 0 Å². The molecule has 1 rings (SSSR count). The number of nitrogens with one attached hydrogen (secondary N) is 1. The second-order valence-corrected chi connectivity index (χ2v) is 4.15. The second-order valence-electron chi connectivity index (χ2n) is 4.15. The van der Waals surface area contributed by atoms with Gasteiger partial charge < -0.3 is 14.8 Å². The van der Waals surface area contributed by atoms with Crippen LogP contribution in [-0.4, -0.2) is 31.6 Å². The van der Waals surface area contributed by atoms with E-state index < -0.39 is 11.8 Å². The largest absolute Gasteiger partial charge is 0.478 e. The standard InChI is InChI=1S/C16H18FNO4/c1-2-21-16(20)10-9-15(19)18-11-5-6-12-22-14-8-4-3-7-13(14)17/h3-4,7-8H,2,9-12H2,1H3,(H,18,19). The number of esters is 1. The third-order valence-corrected chi connectivity index (χ3v) is 2.50. The Morgan fingerprint density at radius 2 is 2.00 bits per heavy atom. The summed E-state index contributed by atoms with van der Waals surface area (Å²) < 4.78 is 23.0. The molecule has 118 valence electrons. The molecule has 0 aliphatic carbocycles. The molecule has 0 aromatic heterocycles. The predicted molar refractivity (Wildman–Crippen MR) is 78.5 cm³/mol. The molecular weight excluding hydrogens is 289 g/mol. The summed E-state index contributed by atoms with van der Waals surface area (Å²) in [6, 6.07) is 6.04. The summed E-state index contributed by atoms with van der Waals surface area (Å²) in [6.07, 6.45) is 0.107. The van der Waals surface area contributed by atoms with Crippen molar-refractivity contribution in [2.24, 2.45) is 0 Å². The fraction of sp³-hybridized carbons (Fsp3) is 0.375. The van der Waals surface area contributed by atoms with E-state index >= 15 is 0 Å². The molecule has 22 heavy (non-hydrogen) atoms. The van der Waals surface area contributed by atoms with Crippen LogP contribution in [0.1, 0.15) is 19.8 Å². The number of benzene rings is 1. The van der Waals surface area contributed by atoms with Crippen molar-refractivity contribution >= 4 is 11.9 Å². The van der Waals surface area contributed by atoms with Gasteiger partial charge in [0.1, 0.15) is 6.61 Å². The Morgan fingerprint density at radius 3 is 2.73 bits per heavy atom. The Bertz CT molecular complexity index is 563. The van der Waals surface area contributed by atoms with E-state index in [0.717, 1.165) is 0 Å². The normalized spacial score (nSPS) is 9.36. The topological polar surface area (TPSA) is 64.6 Å². The van der Waals surface area contributed by atoms with E-state index in [2.05, 4.69) is 17.2 Å². The summed E-state index contributed by atoms with van der Waals surface area (Å²) in [5, 5.41) is 2.54. The van der Waals surface area contributed by atoms with Gasteiger partial charge in [-0.05, 0) is 19.1 Å². The van der Waals surface area contributed by atoms with E-state index in [0.29, 0.717) is 6.61 Å². The number of hydrogen-bond acceptors (Lipinski definition) is 4. The van der Waals surface area contributed by atoms with Crippen molar-refractivity contribution in [1.82, 2.24) is 5.32 Å². The zero-order valence-corrected chi connectivity index (χ0v) is 12.4. The number of hydrogen-bond donors (Lipinski definition) is 1. The van der Waals surface area contributed by atoms with Gasteiger partial charge in [-0.2, -0.15) is 0 Å². The summed E-state index contributed by atoms with van der Waals surface area (Å²) in [4.78, 5) is 22.4. The van der Waals surface area contributed by atoms with E-state index in [4.69, 9.17) is 9.47 Å². The Morgan fingerprint density at radius 1 is 1.23 bits per heavy atom. The fourth-order valence-electron chi connectivity index (χ4n) is 1.47. The first-order chi connectivity index (χ1) is 10.6. The molecule has 0 unspecified atom stereocenters. The molecule has 1 aromatic rings. The van der Waals surface area contributed by atoms with Crippen LogP contribution in [-0.2, 0) is 14.3 Å². The lowest BCUT2D eigenvalue weighted by Crippen LogP contribution is -2.24. The van der Waals surface area contributed by atoms with Gasteiger partial charge >= 0.3 is 5.97 Å². The van der Waals surface area contributed by atoms with Crippen LogP contribution in [0.4, 0.5) is 4.39 Å². The second kappa shape index (κ2) is 10.2. The van der Waals surface area contributed by atoms with Gasteiger partial charge in [0.05, 0.1) is 19.6 Å². The first kappa shape index (κ1) is 17.5. The van der Waals surface area contributed by atoms with Crippen LogP contribution in [0.5, 0.6) is 5.75 Å². The number of amides is 1. The lowest BCUT2D eigenvalue weighted by atomic mass is 10.3. The number of carbonyl (C=O) groups excluding carboxylic acids is 2. The molecular formula is C16H18FNO4. The van der Waals surface area contributed by atoms with Gasteiger partial charge in [0.15, 0.2) is 11.6 Å². The molecule has 1 aromatic carbocycles. The Labute approximate surface area is 128 Å². The zero-order chi connectivity index (χ0) is 16.2. The first-order valence-corrected chi connectivity index (χ1v) is 6.89. The van der Waals surface area contributed by atoms with Crippen molar-refractivity contribution in [2.45, 2.75) is 19.8 Å². The quantitative estimate of drug-likeness (QED) is 0.615. The molecule has 0 heterocycles. The third kappa shape index (κ3) is 7.29. The monoisotopic (exact) mass is 307 g/mol. The minimum atomic E-state index is -0.448. The molecule has 0 atom stereocenters. The summed E-state index contributed by atoms with van der Waals surface area (Å²) in [7, 11) is 0. The van der Waals surface area contributed by atoms with E-state index in [1.165, 1.54) is 12.1 Å². The summed E-state index contributed by atoms with van der Waals surface area (Å²) >= 11 is 0. The molecule has 0 radical (unpaired) electrons. The molecule has 0 spiro atoms. The minimum absolute atomic E-state index is 0.0274. The molecule has 0 saturated carbocycles. The highest BCUT2D eigenvalue weighted by Crippen LogP contribution is 2.14. The van der Waals surface area contributed by atoms with Crippen LogP contribution in [0, 0.1) is 17.7 Å². The number of carbonyl (C=O) groups is 2. The Balaban J connectivity index is 2.16. The van der Waals surface area contributed by atoms with Gasteiger partial charge in [-0.1, -0.05) is 24.0 Å². The van der Waals surface area contributed by atoms with Crippen LogP contribution >= 0.6 is 0 Å². The lowest BCUT2D eigenvalue weighted by Gasteiger charge is -2.02. The van der Waals surface area contributed by atoms with Crippen LogP contribution in [0.2, 0.25) is 0 Å².